The van der Waals surface area contributed by atoms with Crippen molar-refractivity contribution in [1.82, 2.24) is 4.90 Å². The van der Waals surface area contributed by atoms with Crippen molar-refractivity contribution in [3.63, 3.8) is 0 Å². The van der Waals surface area contributed by atoms with Crippen LogP contribution in [0.4, 0.5) is 0 Å². The number of hydrogen-bond donors (Lipinski definition) is 1. The van der Waals surface area contributed by atoms with E-state index in [4.69, 9.17) is 0 Å². The third kappa shape index (κ3) is 4.89. The van der Waals surface area contributed by atoms with Crippen molar-refractivity contribution in [1.29, 1.82) is 0 Å². The van der Waals surface area contributed by atoms with Crippen LogP contribution in [0.3, 0.4) is 0 Å². The molecule has 0 bridgehead atoms. The first-order valence-electron chi connectivity index (χ1n) is 5.95. The summed E-state index contributed by atoms with van der Waals surface area (Å²) in [4.78, 5) is 2.07. The summed E-state index contributed by atoms with van der Waals surface area (Å²) in [6.45, 7) is 8.90. The van der Waals surface area contributed by atoms with Gasteiger partial charge in [0.25, 0.3) is 0 Å². The van der Waals surface area contributed by atoms with Crippen molar-refractivity contribution in [2.75, 3.05) is 25.4 Å². The van der Waals surface area contributed by atoms with Gasteiger partial charge in [-0.1, -0.05) is 18.2 Å². The van der Waals surface area contributed by atoms with Crippen LogP contribution in [-0.2, 0) is 9.84 Å². The summed E-state index contributed by atoms with van der Waals surface area (Å²) < 4.78 is 24.2. The minimum atomic E-state index is -3.38. The highest BCUT2D eigenvalue weighted by Crippen LogP contribution is 2.17. The molecule has 1 rings (SSSR count). The molecule has 0 aliphatic heterocycles. The highest BCUT2D eigenvalue weighted by atomic mass is 32.2. The zero-order valence-corrected chi connectivity index (χ0v) is 11.6. The molecule has 0 spiro atoms. The maximum Gasteiger partial charge on any atom is 0.179 e. The molecule has 19 heavy (non-hydrogen) atoms. The van der Waals surface area contributed by atoms with Crippen LogP contribution >= 0.6 is 0 Å². The average molecular weight is 281 g/mol. The molecule has 0 saturated heterocycles. The van der Waals surface area contributed by atoms with E-state index in [0.717, 1.165) is 0 Å². The zero-order valence-electron chi connectivity index (χ0n) is 10.8. The molecule has 0 amide bonds. The van der Waals surface area contributed by atoms with Crippen LogP contribution in [0.2, 0.25) is 0 Å². The van der Waals surface area contributed by atoms with Gasteiger partial charge in [0.05, 0.1) is 10.6 Å². The van der Waals surface area contributed by atoms with Gasteiger partial charge in [0, 0.05) is 19.6 Å². The highest BCUT2D eigenvalue weighted by molar-refractivity contribution is 7.91. The summed E-state index contributed by atoms with van der Waals surface area (Å²) in [6.07, 6.45) is 3.45. The van der Waals surface area contributed by atoms with E-state index in [1.165, 1.54) is 24.3 Å². The highest BCUT2D eigenvalue weighted by Gasteiger charge is 2.16. The number of benzene rings is 1. The summed E-state index contributed by atoms with van der Waals surface area (Å²) in [6, 6.07) is 5.72. The maximum absolute atomic E-state index is 12.1. The van der Waals surface area contributed by atoms with Crippen LogP contribution in [0.25, 0.3) is 0 Å². The molecule has 5 heteroatoms. The molecule has 104 valence electrons. The van der Waals surface area contributed by atoms with E-state index in [1.54, 1.807) is 12.2 Å². The third-order valence-corrected chi connectivity index (χ3v) is 4.32. The topological polar surface area (TPSA) is 57.6 Å². The van der Waals surface area contributed by atoms with Crippen LogP contribution in [0, 0.1) is 0 Å². The summed E-state index contributed by atoms with van der Waals surface area (Å²) in [7, 11) is -3.38. The first kappa shape index (κ1) is 15.5. The summed E-state index contributed by atoms with van der Waals surface area (Å²) >= 11 is 0. The van der Waals surface area contributed by atoms with E-state index in [2.05, 4.69) is 13.2 Å². The number of aromatic hydroxyl groups is 1. The molecular weight excluding hydrogens is 262 g/mol. The van der Waals surface area contributed by atoms with Gasteiger partial charge >= 0.3 is 0 Å². The SMILES string of the molecule is C=CCN(CC=C)CCS(=O)(=O)c1cccc(O)c1. The van der Waals surface area contributed by atoms with Crippen molar-refractivity contribution in [2.45, 2.75) is 4.90 Å². The molecule has 0 unspecified atom stereocenters. The summed E-state index contributed by atoms with van der Waals surface area (Å²) in [5, 5.41) is 9.32. The number of phenolic OH excluding ortho intramolecular Hbond substituents is 1. The van der Waals surface area contributed by atoms with Gasteiger partial charge < -0.3 is 5.11 Å². The molecule has 0 radical (unpaired) electrons. The predicted octanol–water partition coefficient (Wildman–Crippen LogP) is 1.84. The van der Waals surface area contributed by atoms with Gasteiger partial charge in [0.1, 0.15) is 5.75 Å². The maximum atomic E-state index is 12.1. The number of nitrogens with zero attached hydrogens (tertiary/aromatic N) is 1. The minimum Gasteiger partial charge on any atom is -0.508 e. The Hall–Kier alpha value is -1.59. The molecule has 0 fully saturated rings. The number of hydrogen-bond acceptors (Lipinski definition) is 4. The first-order chi connectivity index (χ1) is 8.99. The van der Waals surface area contributed by atoms with Gasteiger partial charge in [0.15, 0.2) is 9.84 Å². The Balaban J connectivity index is 2.74. The van der Waals surface area contributed by atoms with Crippen LogP contribution in [0.5, 0.6) is 5.75 Å². The Labute approximate surface area is 114 Å². The third-order valence-electron chi connectivity index (χ3n) is 2.63. The largest absolute Gasteiger partial charge is 0.508 e. The van der Waals surface area contributed by atoms with E-state index in [1.807, 2.05) is 4.90 Å². The number of sulfone groups is 1. The summed E-state index contributed by atoms with van der Waals surface area (Å²) in [5.74, 6) is -0.0480. The second-order valence-corrected chi connectivity index (χ2v) is 6.26. The van der Waals surface area contributed by atoms with E-state index >= 15 is 0 Å². The predicted molar refractivity (Wildman–Crippen MR) is 77.0 cm³/mol. The Morgan fingerprint density at radius 3 is 2.37 bits per heavy atom. The molecule has 0 saturated carbocycles. The molecule has 0 aliphatic rings. The second kappa shape index (κ2) is 7.11. The molecule has 0 aliphatic carbocycles. The molecule has 1 aromatic rings. The molecule has 0 heterocycles. The van der Waals surface area contributed by atoms with E-state index < -0.39 is 9.84 Å². The van der Waals surface area contributed by atoms with Crippen molar-refractivity contribution in [2.24, 2.45) is 0 Å². The number of rotatable bonds is 8. The van der Waals surface area contributed by atoms with Crippen molar-refractivity contribution < 1.29 is 13.5 Å². The standard InChI is InChI=1S/C14H19NO3S/c1-3-8-15(9-4-2)10-11-19(17,18)14-7-5-6-13(16)12-14/h3-7,12,16H,1-2,8-11H2. The Morgan fingerprint density at radius 2 is 1.84 bits per heavy atom. The molecule has 0 aromatic heterocycles. The van der Waals surface area contributed by atoms with Gasteiger partial charge in [-0.15, -0.1) is 13.2 Å². The first-order valence-corrected chi connectivity index (χ1v) is 7.61. The van der Waals surface area contributed by atoms with Crippen LogP contribution in [-0.4, -0.2) is 43.8 Å². The monoisotopic (exact) mass is 281 g/mol. The second-order valence-electron chi connectivity index (χ2n) is 4.15. The van der Waals surface area contributed by atoms with Gasteiger partial charge in [-0.2, -0.15) is 0 Å². The smallest absolute Gasteiger partial charge is 0.179 e. The van der Waals surface area contributed by atoms with Gasteiger partial charge in [-0.25, -0.2) is 8.42 Å². The fraction of sp³-hybridized carbons (Fsp3) is 0.286. The Bertz CT molecular complexity index is 527. The average Bonchev–Trinajstić information content (AvgIpc) is 2.37. The number of phenols is 1. The van der Waals surface area contributed by atoms with E-state index in [0.29, 0.717) is 19.6 Å². The minimum absolute atomic E-state index is 0.00185. The Morgan fingerprint density at radius 1 is 1.21 bits per heavy atom. The molecule has 4 nitrogen and oxygen atoms in total. The molecule has 1 N–H and O–H groups in total. The van der Waals surface area contributed by atoms with Gasteiger partial charge in [-0.3, -0.25) is 4.90 Å². The lowest BCUT2D eigenvalue weighted by molar-refractivity contribution is 0.355. The fourth-order valence-corrected chi connectivity index (χ4v) is 2.99. The molecular formula is C14H19NO3S. The van der Waals surface area contributed by atoms with Crippen LogP contribution in [0.1, 0.15) is 0 Å². The quantitative estimate of drug-likeness (QED) is 0.739. The lowest BCUT2D eigenvalue weighted by atomic mass is 10.3. The summed E-state index contributed by atoms with van der Waals surface area (Å²) in [5.41, 5.74) is 0. The Kier molecular flexibility index (Phi) is 5.79. The zero-order chi connectivity index (χ0) is 14.3. The van der Waals surface area contributed by atoms with Crippen molar-refractivity contribution >= 4 is 9.84 Å². The normalized spacial score (nSPS) is 11.4. The lowest BCUT2D eigenvalue weighted by Crippen LogP contribution is -2.29. The van der Waals surface area contributed by atoms with Gasteiger partial charge in [0.2, 0.25) is 0 Å². The molecule has 0 atom stereocenters. The van der Waals surface area contributed by atoms with E-state index in [-0.39, 0.29) is 16.4 Å². The van der Waals surface area contributed by atoms with Crippen molar-refractivity contribution in [3.05, 3.63) is 49.6 Å². The van der Waals surface area contributed by atoms with Gasteiger partial charge in [-0.05, 0) is 18.2 Å². The van der Waals surface area contributed by atoms with Crippen molar-refractivity contribution in [3.8, 4) is 5.75 Å². The fourth-order valence-electron chi connectivity index (χ4n) is 1.67. The van der Waals surface area contributed by atoms with Crippen LogP contribution < -0.4 is 0 Å². The molecule has 1 aromatic carbocycles. The van der Waals surface area contributed by atoms with E-state index in [9.17, 15) is 13.5 Å². The lowest BCUT2D eigenvalue weighted by Gasteiger charge is -2.18. The van der Waals surface area contributed by atoms with Crippen LogP contribution in [0.15, 0.2) is 54.5 Å².